The standard InChI is InChI=1S/C16H14Cl2N2O2/c17-12-7-4-8-13(18)11(12)9-14(21)20-15(16(19)22)10-5-2-1-3-6-10/h1-8,15H,9H2,(H2,19,22)(H,20,21). The smallest absolute Gasteiger partial charge is 0.244 e. The minimum atomic E-state index is -0.894. The molecule has 0 bridgehead atoms. The maximum atomic E-state index is 12.2. The van der Waals surface area contributed by atoms with Crippen molar-refractivity contribution in [2.75, 3.05) is 0 Å². The fraction of sp³-hybridized carbons (Fsp3) is 0.125. The second-order valence-electron chi connectivity index (χ2n) is 4.69. The number of rotatable bonds is 5. The van der Waals surface area contributed by atoms with Gasteiger partial charge in [0.05, 0.1) is 6.42 Å². The Kier molecular flexibility index (Phi) is 5.41. The van der Waals surface area contributed by atoms with Crippen LogP contribution in [0.4, 0.5) is 0 Å². The third-order valence-electron chi connectivity index (χ3n) is 3.12. The molecule has 114 valence electrons. The van der Waals surface area contributed by atoms with Gasteiger partial charge in [0, 0.05) is 10.0 Å². The van der Waals surface area contributed by atoms with Crippen LogP contribution in [0, 0.1) is 0 Å². The van der Waals surface area contributed by atoms with Crippen LogP contribution >= 0.6 is 23.2 Å². The first-order chi connectivity index (χ1) is 10.5. The number of primary amides is 1. The zero-order chi connectivity index (χ0) is 16.1. The Hall–Kier alpha value is -2.04. The fourth-order valence-electron chi connectivity index (χ4n) is 2.04. The van der Waals surface area contributed by atoms with Crippen LogP contribution < -0.4 is 11.1 Å². The number of benzene rings is 2. The van der Waals surface area contributed by atoms with Gasteiger partial charge in [-0.1, -0.05) is 59.6 Å². The molecule has 0 fully saturated rings. The first-order valence-electron chi connectivity index (χ1n) is 6.55. The van der Waals surface area contributed by atoms with Gasteiger partial charge >= 0.3 is 0 Å². The monoisotopic (exact) mass is 336 g/mol. The third kappa shape index (κ3) is 4.00. The number of hydrogen-bond donors (Lipinski definition) is 2. The van der Waals surface area contributed by atoms with Crippen LogP contribution in [-0.4, -0.2) is 11.8 Å². The molecule has 0 saturated carbocycles. The van der Waals surface area contributed by atoms with Crippen LogP contribution in [0.15, 0.2) is 48.5 Å². The molecule has 3 N–H and O–H groups in total. The van der Waals surface area contributed by atoms with Gasteiger partial charge in [-0.2, -0.15) is 0 Å². The predicted molar refractivity (Wildman–Crippen MR) is 86.7 cm³/mol. The summed E-state index contributed by atoms with van der Waals surface area (Å²) in [6.07, 6.45) is -0.0326. The highest BCUT2D eigenvalue weighted by molar-refractivity contribution is 6.36. The average Bonchev–Trinajstić information content (AvgIpc) is 2.49. The summed E-state index contributed by atoms with van der Waals surface area (Å²) in [5.41, 5.74) is 6.50. The van der Waals surface area contributed by atoms with Crippen molar-refractivity contribution >= 4 is 35.0 Å². The molecule has 0 spiro atoms. The van der Waals surface area contributed by atoms with Gasteiger partial charge in [0.25, 0.3) is 0 Å². The van der Waals surface area contributed by atoms with E-state index >= 15 is 0 Å². The van der Waals surface area contributed by atoms with Crippen molar-refractivity contribution in [1.82, 2.24) is 5.32 Å². The lowest BCUT2D eigenvalue weighted by atomic mass is 10.1. The summed E-state index contributed by atoms with van der Waals surface area (Å²) >= 11 is 12.1. The summed E-state index contributed by atoms with van der Waals surface area (Å²) in [6.45, 7) is 0. The molecule has 4 nitrogen and oxygen atoms in total. The summed E-state index contributed by atoms with van der Waals surface area (Å²) in [5, 5.41) is 3.41. The molecule has 1 atom stereocenters. The maximum absolute atomic E-state index is 12.2. The quantitative estimate of drug-likeness (QED) is 0.881. The minimum Gasteiger partial charge on any atom is -0.368 e. The molecule has 1 unspecified atom stereocenters. The van der Waals surface area contributed by atoms with E-state index < -0.39 is 11.9 Å². The van der Waals surface area contributed by atoms with E-state index in [2.05, 4.69) is 5.32 Å². The molecular formula is C16H14Cl2N2O2. The maximum Gasteiger partial charge on any atom is 0.244 e. The number of nitrogens with two attached hydrogens (primary N) is 1. The Bertz CT molecular complexity index is 670. The highest BCUT2D eigenvalue weighted by Crippen LogP contribution is 2.25. The van der Waals surface area contributed by atoms with Crippen LogP contribution in [-0.2, 0) is 16.0 Å². The molecule has 0 heterocycles. The normalized spacial score (nSPS) is 11.7. The Balaban J connectivity index is 2.14. The first-order valence-corrected chi connectivity index (χ1v) is 7.31. The molecule has 22 heavy (non-hydrogen) atoms. The SMILES string of the molecule is NC(=O)C(NC(=O)Cc1c(Cl)cccc1Cl)c1ccccc1. The Morgan fingerprint density at radius 1 is 1.00 bits per heavy atom. The van der Waals surface area contributed by atoms with E-state index in [1.807, 2.05) is 6.07 Å². The number of carbonyl (C=O) groups excluding carboxylic acids is 2. The van der Waals surface area contributed by atoms with Crippen LogP contribution in [0.5, 0.6) is 0 Å². The highest BCUT2D eigenvalue weighted by atomic mass is 35.5. The van der Waals surface area contributed by atoms with Crippen molar-refractivity contribution in [2.45, 2.75) is 12.5 Å². The van der Waals surface area contributed by atoms with Crippen molar-refractivity contribution in [3.63, 3.8) is 0 Å². The van der Waals surface area contributed by atoms with Crippen LogP contribution in [0.25, 0.3) is 0 Å². The largest absolute Gasteiger partial charge is 0.368 e. The Labute approximate surface area is 138 Å². The van der Waals surface area contributed by atoms with E-state index in [9.17, 15) is 9.59 Å². The van der Waals surface area contributed by atoms with Gasteiger partial charge in [-0.3, -0.25) is 9.59 Å². The van der Waals surface area contributed by atoms with Gasteiger partial charge in [0.2, 0.25) is 11.8 Å². The zero-order valence-electron chi connectivity index (χ0n) is 11.6. The molecule has 6 heteroatoms. The first kappa shape index (κ1) is 16.3. The van der Waals surface area contributed by atoms with E-state index in [4.69, 9.17) is 28.9 Å². The molecule has 2 amide bonds. The predicted octanol–water partition coefficient (Wildman–Crippen LogP) is 2.88. The molecule has 2 rings (SSSR count). The number of nitrogens with one attached hydrogen (secondary N) is 1. The summed E-state index contributed by atoms with van der Waals surface area (Å²) in [4.78, 5) is 23.7. The van der Waals surface area contributed by atoms with Crippen molar-refractivity contribution in [3.8, 4) is 0 Å². The second kappa shape index (κ2) is 7.29. The number of carbonyl (C=O) groups is 2. The van der Waals surface area contributed by atoms with E-state index in [1.165, 1.54) is 0 Å². The van der Waals surface area contributed by atoms with Gasteiger partial charge < -0.3 is 11.1 Å². The van der Waals surface area contributed by atoms with Crippen molar-refractivity contribution in [3.05, 3.63) is 69.7 Å². The van der Waals surface area contributed by atoms with E-state index in [0.29, 0.717) is 21.2 Å². The van der Waals surface area contributed by atoms with Crippen molar-refractivity contribution < 1.29 is 9.59 Å². The molecule has 0 aliphatic rings. The summed E-state index contributed by atoms with van der Waals surface area (Å²) in [5.74, 6) is -1.02. The number of amides is 2. The average molecular weight is 337 g/mol. The van der Waals surface area contributed by atoms with Crippen molar-refractivity contribution in [1.29, 1.82) is 0 Å². The van der Waals surface area contributed by atoms with Crippen molar-refractivity contribution in [2.24, 2.45) is 5.73 Å². The van der Waals surface area contributed by atoms with E-state index in [1.54, 1.807) is 42.5 Å². The molecule has 0 saturated heterocycles. The third-order valence-corrected chi connectivity index (χ3v) is 3.83. The lowest BCUT2D eigenvalue weighted by Gasteiger charge is -2.16. The topological polar surface area (TPSA) is 72.2 Å². The molecule has 0 radical (unpaired) electrons. The van der Waals surface area contributed by atoms with Gasteiger partial charge in [-0.15, -0.1) is 0 Å². The number of hydrogen-bond acceptors (Lipinski definition) is 2. The lowest BCUT2D eigenvalue weighted by molar-refractivity contribution is -0.127. The number of halogens is 2. The lowest BCUT2D eigenvalue weighted by Crippen LogP contribution is -2.38. The summed E-state index contributed by atoms with van der Waals surface area (Å²) in [6, 6.07) is 12.9. The molecule has 2 aromatic carbocycles. The second-order valence-corrected chi connectivity index (χ2v) is 5.50. The summed E-state index contributed by atoms with van der Waals surface area (Å²) in [7, 11) is 0. The van der Waals surface area contributed by atoms with Gasteiger partial charge in [0.15, 0.2) is 0 Å². The van der Waals surface area contributed by atoms with E-state index in [-0.39, 0.29) is 12.3 Å². The molecule has 0 aromatic heterocycles. The van der Waals surface area contributed by atoms with Gasteiger partial charge in [-0.25, -0.2) is 0 Å². The molecule has 2 aromatic rings. The van der Waals surface area contributed by atoms with Crippen LogP contribution in [0.3, 0.4) is 0 Å². The minimum absolute atomic E-state index is 0.0326. The van der Waals surface area contributed by atoms with Crippen LogP contribution in [0.1, 0.15) is 17.2 Å². The highest BCUT2D eigenvalue weighted by Gasteiger charge is 2.21. The van der Waals surface area contributed by atoms with Gasteiger partial charge in [0.1, 0.15) is 6.04 Å². The fourth-order valence-corrected chi connectivity index (χ4v) is 2.57. The summed E-state index contributed by atoms with van der Waals surface area (Å²) < 4.78 is 0. The molecular weight excluding hydrogens is 323 g/mol. The zero-order valence-corrected chi connectivity index (χ0v) is 13.1. The molecule has 0 aliphatic carbocycles. The molecule has 0 aliphatic heterocycles. The Morgan fingerprint density at radius 3 is 2.14 bits per heavy atom. The Morgan fingerprint density at radius 2 is 1.59 bits per heavy atom. The van der Waals surface area contributed by atoms with E-state index in [0.717, 1.165) is 0 Å². The van der Waals surface area contributed by atoms with Gasteiger partial charge in [-0.05, 0) is 23.3 Å². The van der Waals surface area contributed by atoms with Crippen LogP contribution in [0.2, 0.25) is 10.0 Å².